The van der Waals surface area contributed by atoms with E-state index in [-0.39, 0.29) is 5.56 Å². The average molecular weight is 226 g/mol. The van der Waals surface area contributed by atoms with Crippen LogP contribution in [0.25, 0.3) is 10.8 Å². The van der Waals surface area contributed by atoms with E-state index < -0.39 is 0 Å². The van der Waals surface area contributed by atoms with Crippen molar-refractivity contribution >= 4 is 26.7 Å². The summed E-state index contributed by atoms with van der Waals surface area (Å²) in [4.78, 5) is 15.1. The van der Waals surface area contributed by atoms with Crippen molar-refractivity contribution < 1.29 is 0 Å². The first kappa shape index (κ1) is 7.42. The molecule has 60 valence electrons. The lowest BCUT2D eigenvalue weighted by Gasteiger charge is -1.95. The Bertz CT molecular complexity index is 479. The van der Waals surface area contributed by atoms with Gasteiger partial charge in [-0.25, -0.2) is 5.10 Å². The van der Waals surface area contributed by atoms with Crippen LogP contribution in [-0.4, -0.2) is 15.2 Å². The summed E-state index contributed by atoms with van der Waals surface area (Å²) in [6.45, 7) is 0. The number of aromatic nitrogens is 3. The molecule has 2 aromatic heterocycles. The van der Waals surface area contributed by atoms with Crippen LogP contribution in [-0.2, 0) is 0 Å². The van der Waals surface area contributed by atoms with E-state index in [1.165, 1.54) is 0 Å². The standard InChI is InChI=1S/C7H4BrN3O/c8-6-5-3-9-2-1-4(5)7(12)11-10-6/h1-3H,(H,11,12). The van der Waals surface area contributed by atoms with Gasteiger partial charge in [-0.3, -0.25) is 9.78 Å². The Balaban J connectivity index is 3.05. The quantitative estimate of drug-likeness (QED) is 0.731. The maximum absolute atomic E-state index is 11.2. The predicted octanol–water partition coefficient (Wildman–Crippen LogP) is 1.08. The molecule has 5 heteroatoms. The summed E-state index contributed by atoms with van der Waals surface area (Å²) in [5.74, 6) is 0. The van der Waals surface area contributed by atoms with Gasteiger partial charge in [0.25, 0.3) is 5.56 Å². The van der Waals surface area contributed by atoms with Crippen LogP contribution in [0.1, 0.15) is 0 Å². The summed E-state index contributed by atoms with van der Waals surface area (Å²) in [7, 11) is 0. The number of pyridine rings is 1. The summed E-state index contributed by atoms with van der Waals surface area (Å²) in [5, 5.41) is 7.42. The second-order valence-electron chi connectivity index (χ2n) is 2.26. The summed E-state index contributed by atoms with van der Waals surface area (Å²) in [5.41, 5.74) is -0.199. The lowest BCUT2D eigenvalue weighted by atomic mass is 10.3. The van der Waals surface area contributed by atoms with Gasteiger partial charge in [-0.05, 0) is 22.0 Å². The second kappa shape index (κ2) is 2.67. The minimum atomic E-state index is -0.199. The molecule has 1 N–H and O–H groups in total. The lowest BCUT2D eigenvalue weighted by molar-refractivity contribution is 0.988. The van der Waals surface area contributed by atoms with Gasteiger partial charge in [0.2, 0.25) is 0 Å². The van der Waals surface area contributed by atoms with Crippen molar-refractivity contribution in [3.05, 3.63) is 33.4 Å². The van der Waals surface area contributed by atoms with E-state index in [2.05, 4.69) is 31.1 Å². The molecule has 0 saturated carbocycles. The van der Waals surface area contributed by atoms with Gasteiger partial charge in [-0.2, -0.15) is 5.10 Å². The van der Waals surface area contributed by atoms with Crippen LogP contribution in [0.15, 0.2) is 27.9 Å². The Labute approximate surface area is 75.8 Å². The molecule has 0 atom stereocenters. The molecule has 0 spiro atoms. The molecule has 2 heterocycles. The molecule has 0 bridgehead atoms. The molecule has 0 unspecified atom stereocenters. The third-order valence-electron chi connectivity index (χ3n) is 1.54. The highest BCUT2D eigenvalue weighted by molar-refractivity contribution is 9.10. The van der Waals surface area contributed by atoms with Gasteiger partial charge in [0.15, 0.2) is 0 Å². The molecule has 0 aliphatic rings. The van der Waals surface area contributed by atoms with Crippen LogP contribution in [0.5, 0.6) is 0 Å². The van der Waals surface area contributed by atoms with Crippen molar-refractivity contribution in [3.63, 3.8) is 0 Å². The SMILES string of the molecule is O=c1[nH]nc(Br)c2cnccc12. The Hall–Kier alpha value is -1.23. The zero-order valence-electron chi connectivity index (χ0n) is 5.91. The van der Waals surface area contributed by atoms with Gasteiger partial charge in [0.05, 0.1) is 5.39 Å². The molecule has 0 aromatic carbocycles. The van der Waals surface area contributed by atoms with Gasteiger partial charge < -0.3 is 0 Å². The van der Waals surface area contributed by atoms with Crippen LogP contribution in [0, 0.1) is 0 Å². The van der Waals surface area contributed by atoms with Gasteiger partial charge >= 0.3 is 0 Å². The average Bonchev–Trinajstić information content (AvgIpc) is 2.12. The third-order valence-corrected chi connectivity index (χ3v) is 2.15. The van der Waals surface area contributed by atoms with Crippen molar-refractivity contribution in [2.24, 2.45) is 0 Å². The number of hydrogen-bond donors (Lipinski definition) is 1. The fraction of sp³-hybridized carbons (Fsp3) is 0. The number of halogens is 1. The highest BCUT2D eigenvalue weighted by atomic mass is 79.9. The smallest absolute Gasteiger partial charge is 0.267 e. The van der Waals surface area contributed by atoms with E-state index in [0.29, 0.717) is 9.99 Å². The minimum Gasteiger partial charge on any atom is -0.267 e. The Morgan fingerprint density at radius 2 is 2.25 bits per heavy atom. The van der Waals surface area contributed by atoms with E-state index in [4.69, 9.17) is 0 Å². The normalized spacial score (nSPS) is 10.4. The molecule has 2 rings (SSSR count). The van der Waals surface area contributed by atoms with E-state index in [1.54, 1.807) is 18.5 Å². The maximum Gasteiger partial charge on any atom is 0.272 e. The number of H-pyrrole nitrogens is 1. The zero-order valence-corrected chi connectivity index (χ0v) is 7.50. The predicted molar refractivity (Wildman–Crippen MR) is 47.9 cm³/mol. The molecule has 0 aliphatic heterocycles. The van der Waals surface area contributed by atoms with E-state index in [1.807, 2.05) is 0 Å². The number of aromatic amines is 1. The molecule has 0 amide bonds. The van der Waals surface area contributed by atoms with Crippen molar-refractivity contribution in [2.45, 2.75) is 0 Å². The molecule has 0 saturated heterocycles. The highest BCUT2D eigenvalue weighted by Crippen LogP contribution is 2.15. The number of rotatable bonds is 0. The minimum absolute atomic E-state index is 0.199. The van der Waals surface area contributed by atoms with Crippen molar-refractivity contribution in [1.29, 1.82) is 0 Å². The second-order valence-corrected chi connectivity index (χ2v) is 3.02. The first-order chi connectivity index (χ1) is 5.79. The molecular formula is C7H4BrN3O. The molecular weight excluding hydrogens is 222 g/mol. The fourth-order valence-electron chi connectivity index (χ4n) is 0.977. The number of hydrogen-bond acceptors (Lipinski definition) is 3. The first-order valence-corrected chi connectivity index (χ1v) is 4.06. The molecule has 12 heavy (non-hydrogen) atoms. The molecule has 0 aliphatic carbocycles. The van der Waals surface area contributed by atoms with Crippen LogP contribution >= 0.6 is 15.9 Å². The largest absolute Gasteiger partial charge is 0.272 e. The first-order valence-electron chi connectivity index (χ1n) is 3.27. The summed E-state index contributed by atoms with van der Waals surface area (Å²) < 4.78 is 0.602. The number of nitrogens with one attached hydrogen (secondary N) is 1. The molecule has 0 fully saturated rings. The monoisotopic (exact) mass is 225 g/mol. The van der Waals surface area contributed by atoms with Gasteiger partial charge in [-0.1, -0.05) is 0 Å². The van der Waals surface area contributed by atoms with Crippen LogP contribution in [0.4, 0.5) is 0 Å². The van der Waals surface area contributed by atoms with E-state index >= 15 is 0 Å². The zero-order chi connectivity index (χ0) is 8.55. The number of nitrogens with zero attached hydrogens (tertiary/aromatic N) is 2. The highest BCUT2D eigenvalue weighted by Gasteiger charge is 2.01. The maximum atomic E-state index is 11.2. The van der Waals surface area contributed by atoms with Crippen LogP contribution in [0.3, 0.4) is 0 Å². The Morgan fingerprint density at radius 1 is 1.42 bits per heavy atom. The van der Waals surface area contributed by atoms with Gasteiger partial charge in [-0.15, -0.1) is 0 Å². The van der Waals surface area contributed by atoms with Gasteiger partial charge in [0.1, 0.15) is 4.60 Å². The van der Waals surface area contributed by atoms with Crippen LogP contribution < -0.4 is 5.56 Å². The van der Waals surface area contributed by atoms with E-state index in [9.17, 15) is 4.79 Å². The lowest BCUT2D eigenvalue weighted by Crippen LogP contribution is -2.08. The van der Waals surface area contributed by atoms with Gasteiger partial charge in [0, 0.05) is 17.8 Å². The Kier molecular flexibility index (Phi) is 1.65. The van der Waals surface area contributed by atoms with Crippen molar-refractivity contribution in [3.8, 4) is 0 Å². The van der Waals surface area contributed by atoms with E-state index in [0.717, 1.165) is 5.39 Å². The topological polar surface area (TPSA) is 58.6 Å². The molecule has 0 radical (unpaired) electrons. The molecule has 4 nitrogen and oxygen atoms in total. The third kappa shape index (κ3) is 1.02. The summed E-state index contributed by atoms with van der Waals surface area (Å²) >= 11 is 3.21. The molecule has 2 aromatic rings. The number of fused-ring (bicyclic) bond motifs is 1. The Morgan fingerprint density at radius 3 is 3.00 bits per heavy atom. The summed E-state index contributed by atoms with van der Waals surface area (Å²) in [6, 6.07) is 1.65. The van der Waals surface area contributed by atoms with Crippen molar-refractivity contribution in [1.82, 2.24) is 15.2 Å². The van der Waals surface area contributed by atoms with Crippen LogP contribution in [0.2, 0.25) is 0 Å². The fourth-order valence-corrected chi connectivity index (χ4v) is 1.38. The van der Waals surface area contributed by atoms with Crippen molar-refractivity contribution in [2.75, 3.05) is 0 Å². The summed E-state index contributed by atoms with van der Waals surface area (Å²) in [6.07, 6.45) is 3.17.